The van der Waals surface area contributed by atoms with Gasteiger partial charge >= 0.3 is 5.97 Å². The minimum absolute atomic E-state index is 0.169. The number of halogens is 2. The van der Waals surface area contributed by atoms with Crippen molar-refractivity contribution in [3.8, 4) is 0 Å². The molecule has 9 heteroatoms. The third kappa shape index (κ3) is 4.52. The van der Waals surface area contributed by atoms with Gasteiger partial charge in [0.1, 0.15) is 6.04 Å². The smallest absolute Gasteiger partial charge is 0.329 e. The zero-order valence-corrected chi connectivity index (χ0v) is 23.8. The van der Waals surface area contributed by atoms with Gasteiger partial charge in [-0.2, -0.15) is 0 Å². The van der Waals surface area contributed by atoms with E-state index in [4.69, 9.17) is 27.9 Å². The maximum Gasteiger partial charge on any atom is 0.329 e. The van der Waals surface area contributed by atoms with E-state index in [0.29, 0.717) is 6.42 Å². The van der Waals surface area contributed by atoms with Crippen LogP contribution in [0, 0.1) is 11.8 Å². The molecule has 210 valence electrons. The van der Waals surface area contributed by atoms with Crippen LogP contribution in [-0.2, 0) is 23.9 Å². The van der Waals surface area contributed by atoms with Crippen molar-refractivity contribution in [2.24, 2.45) is 11.8 Å². The second kappa shape index (κ2) is 11.0. The van der Waals surface area contributed by atoms with Gasteiger partial charge in [0.15, 0.2) is 6.61 Å². The highest BCUT2D eigenvalue weighted by atomic mass is 35.5. The van der Waals surface area contributed by atoms with Crippen LogP contribution in [0.1, 0.15) is 60.3 Å². The van der Waals surface area contributed by atoms with E-state index in [1.165, 1.54) is 0 Å². The van der Waals surface area contributed by atoms with Crippen molar-refractivity contribution < 1.29 is 23.9 Å². The number of likely N-dealkylation sites (tertiary alicyclic amines) is 1. The number of esters is 1. The van der Waals surface area contributed by atoms with E-state index in [1.807, 2.05) is 55.5 Å². The van der Waals surface area contributed by atoms with Gasteiger partial charge in [0, 0.05) is 11.8 Å². The lowest BCUT2D eigenvalue weighted by Gasteiger charge is -2.45. The van der Waals surface area contributed by atoms with E-state index < -0.39 is 36.4 Å². The predicted molar refractivity (Wildman–Crippen MR) is 155 cm³/mol. The first-order chi connectivity index (χ1) is 19.8. The van der Waals surface area contributed by atoms with Crippen molar-refractivity contribution >= 4 is 52.6 Å². The molecule has 3 atom stereocenters. The lowest BCUT2D eigenvalue weighted by Crippen LogP contribution is -2.47. The zero-order valence-electron chi connectivity index (χ0n) is 22.3. The normalized spacial score (nSPS) is 22.6. The Kier molecular flexibility index (Phi) is 7.34. The molecular weight excluding hydrogens is 563 g/mol. The molecule has 1 fully saturated rings. The predicted octanol–water partition coefficient (Wildman–Crippen LogP) is 5.93. The van der Waals surface area contributed by atoms with Gasteiger partial charge in [0.05, 0.1) is 27.6 Å². The van der Waals surface area contributed by atoms with E-state index >= 15 is 0 Å². The molecule has 0 unspecified atom stereocenters. The van der Waals surface area contributed by atoms with Crippen LogP contribution in [0.2, 0.25) is 10.0 Å². The number of carbonyl (C=O) groups excluding carboxylic acids is 4. The summed E-state index contributed by atoms with van der Waals surface area (Å²) < 4.78 is 5.39. The molecule has 0 radical (unpaired) electrons. The number of hydrogen-bond acceptors (Lipinski definition) is 5. The largest absolute Gasteiger partial charge is 0.454 e. The van der Waals surface area contributed by atoms with Crippen LogP contribution in [0.15, 0.2) is 66.7 Å². The molecule has 0 saturated carbocycles. The summed E-state index contributed by atoms with van der Waals surface area (Å²) >= 11 is 12.2. The molecule has 3 amide bonds. The number of amides is 3. The topological polar surface area (TPSA) is 92.8 Å². The lowest BCUT2D eigenvalue weighted by atomic mass is 9.55. The van der Waals surface area contributed by atoms with Crippen molar-refractivity contribution in [1.82, 2.24) is 4.90 Å². The van der Waals surface area contributed by atoms with Gasteiger partial charge in [0.25, 0.3) is 5.91 Å². The first-order valence-electron chi connectivity index (χ1n) is 13.8. The van der Waals surface area contributed by atoms with Crippen molar-refractivity contribution in [3.63, 3.8) is 0 Å². The van der Waals surface area contributed by atoms with E-state index in [2.05, 4.69) is 5.32 Å². The number of ether oxygens (including phenoxy) is 1. The molecular formula is C32H28Cl2N2O5. The number of benzene rings is 3. The van der Waals surface area contributed by atoms with Crippen LogP contribution in [-0.4, -0.2) is 41.2 Å². The van der Waals surface area contributed by atoms with Gasteiger partial charge in [-0.3, -0.25) is 19.3 Å². The van der Waals surface area contributed by atoms with E-state index in [-0.39, 0.29) is 45.8 Å². The Bertz CT molecular complexity index is 1460. The molecule has 2 bridgehead atoms. The van der Waals surface area contributed by atoms with Gasteiger partial charge in [-0.15, -0.1) is 0 Å². The van der Waals surface area contributed by atoms with E-state index in [0.717, 1.165) is 33.6 Å². The maximum absolute atomic E-state index is 14.1. The average molecular weight is 591 g/mol. The van der Waals surface area contributed by atoms with Crippen LogP contribution in [0.3, 0.4) is 0 Å². The molecule has 1 heterocycles. The fourth-order valence-electron chi connectivity index (χ4n) is 6.78. The minimum atomic E-state index is -1.12. The highest BCUT2D eigenvalue weighted by Crippen LogP contribution is 2.61. The summed E-state index contributed by atoms with van der Waals surface area (Å²) in [7, 11) is 0. The Morgan fingerprint density at radius 3 is 1.90 bits per heavy atom. The first-order valence-corrected chi connectivity index (χ1v) is 14.5. The number of hydrogen-bond donors (Lipinski definition) is 1. The molecule has 3 aliphatic carbocycles. The van der Waals surface area contributed by atoms with E-state index in [1.54, 1.807) is 18.2 Å². The number of nitrogens with one attached hydrogen (secondary N) is 1. The molecule has 41 heavy (non-hydrogen) atoms. The van der Waals surface area contributed by atoms with Crippen LogP contribution in [0.5, 0.6) is 0 Å². The highest BCUT2D eigenvalue weighted by Gasteiger charge is 2.63. The van der Waals surface area contributed by atoms with Crippen molar-refractivity contribution in [2.45, 2.75) is 44.1 Å². The van der Waals surface area contributed by atoms with Gasteiger partial charge in [-0.25, -0.2) is 4.79 Å². The summed E-state index contributed by atoms with van der Waals surface area (Å²) in [6.07, 6.45) is 1.61. The summed E-state index contributed by atoms with van der Waals surface area (Å²) in [5, 5.41) is 3.02. The second-order valence-corrected chi connectivity index (χ2v) is 11.5. The van der Waals surface area contributed by atoms with Crippen LogP contribution in [0.4, 0.5) is 5.69 Å². The number of unbranched alkanes of at least 4 members (excludes halogenated alkanes) is 1. The maximum atomic E-state index is 14.1. The Labute approximate surface area is 247 Å². The van der Waals surface area contributed by atoms with Crippen molar-refractivity contribution in [1.29, 1.82) is 0 Å². The molecule has 7 rings (SSSR count). The summed E-state index contributed by atoms with van der Waals surface area (Å²) in [5.74, 6) is -3.84. The van der Waals surface area contributed by atoms with Crippen LogP contribution < -0.4 is 5.32 Å². The minimum Gasteiger partial charge on any atom is -0.454 e. The molecule has 7 nitrogen and oxygen atoms in total. The quantitative estimate of drug-likeness (QED) is 0.259. The highest BCUT2D eigenvalue weighted by molar-refractivity contribution is 6.44. The van der Waals surface area contributed by atoms with Gasteiger partial charge in [-0.1, -0.05) is 97.6 Å². The fourth-order valence-corrected chi connectivity index (χ4v) is 7.12. The summed E-state index contributed by atoms with van der Waals surface area (Å²) in [4.78, 5) is 55.4. The number of carbonyl (C=O) groups is 4. The molecule has 0 aromatic heterocycles. The van der Waals surface area contributed by atoms with Crippen LogP contribution >= 0.6 is 23.2 Å². The second-order valence-electron chi connectivity index (χ2n) is 10.7. The van der Waals surface area contributed by atoms with Crippen molar-refractivity contribution in [3.05, 3.63) is 99.0 Å². The number of anilines is 1. The third-order valence-electron chi connectivity index (χ3n) is 8.47. The molecule has 1 saturated heterocycles. The molecule has 1 N–H and O–H groups in total. The zero-order chi connectivity index (χ0) is 28.8. The fraction of sp³-hybridized carbons (Fsp3) is 0.312. The SMILES string of the molecule is CCCC[C@H](C(=O)OCC(=O)Nc1cccc(Cl)c1Cl)N1C(=O)[C@@H]2C3c4ccccc4C(c4ccccc43)[C@H]2C1=O. The standard InChI is InChI=1S/C32H28Cl2N2O5/c1-2-3-15-23(32(40)41-16-24(37)35-22-14-8-13-21(33)29(22)34)36-30(38)27-25-17-9-4-5-10-18(17)26(28(27)31(36)39)20-12-7-6-11-19(20)25/h4-14,23,25-28H,2-3,15-16H2,1H3,(H,35,37)/t23-,25?,26?,27-,28-/m1/s1. The lowest BCUT2D eigenvalue weighted by molar-refractivity contribution is -0.160. The van der Waals surface area contributed by atoms with Gasteiger partial charge in [0.2, 0.25) is 11.8 Å². The number of nitrogens with zero attached hydrogens (tertiary/aromatic N) is 1. The third-order valence-corrected chi connectivity index (χ3v) is 9.29. The van der Waals surface area contributed by atoms with Crippen LogP contribution in [0.25, 0.3) is 0 Å². The molecule has 4 aliphatic rings. The summed E-state index contributed by atoms with van der Waals surface area (Å²) in [6.45, 7) is 1.36. The Balaban J connectivity index is 1.26. The summed E-state index contributed by atoms with van der Waals surface area (Å²) in [6, 6.07) is 19.6. The molecule has 3 aromatic carbocycles. The van der Waals surface area contributed by atoms with E-state index in [9.17, 15) is 19.2 Å². The Morgan fingerprint density at radius 1 is 0.854 bits per heavy atom. The van der Waals surface area contributed by atoms with Gasteiger partial charge in [-0.05, 0) is 40.8 Å². The van der Waals surface area contributed by atoms with Crippen molar-refractivity contribution in [2.75, 3.05) is 11.9 Å². The molecule has 3 aromatic rings. The first kappa shape index (κ1) is 27.5. The molecule has 1 aliphatic heterocycles. The summed E-state index contributed by atoms with van der Waals surface area (Å²) in [5.41, 5.74) is 4.52. The molecule has 0 spiro atoms. The monoisotopic (exact) mass is 590 g/mol. The Morgan fingerprint density at radius 2 is 1.39 bits per heavy atom. The number of imide groups is 1. The average Bonchev–Trinajstić information content (AvgIpc) is 3.24. The number of rotatable bonds is 8. The Hall–Kier alpha value is -3.68. The van der Waals surface area contributed by atoms with Gasteiger partial charge < -0.3 is 10.1 Å².